The summed E-state index contributed by atoms with van der Waals surface area (Å²) in [6.07, 6.45) is 6.42. The van der Waals surface area contributed by atoms with E-state index in [1.165, 1.54) is 29.0 Å². The number of hydrogen-bond acceptors (Lipinski definition) is 4. The van der Waals surface area contributed by atoms with Gasteiger partial charge in [0.25, 0.3) is 0 Å². The van der Waals surface area contributed by atoms with Gasteiger partial charge in [-0.2, -0.15) is 4.39 Å². The largest absolute Gasteiger partial charge is 0.341 e. The van der Waals surface area contributed by atoms with E-state index < -0.39 is 0 Å². The normalized spacial score (nSPS) is 18.9. The highest BCUT2D eigenvalue weighted by Gasteiger charge is 2.46. The Kier molecular flexibility index (Phi) is 6.32. The van der Waals surface area contributed by atoms with Crippen LogP contribution in [0, 0.1) is 17.9 Å². The molecule has 35 heavy (non-hydrogen) atoms. The third kappa shape index (κ3) is 4.80. The van der Waals surface area contributed by atoms with Gasteiger partial charge in [-0.3, -0.25) is 9.88 Å². The van der Waals surface area contributed by atoms with Gasteiger partial charge in [-0.25, -0.2) is 9.37 Å². The first-order chi connectivity index (χ1) is 16.7. The van der Waals surface area contributed by atoms with Gasteiger partial charge in [-0.15, -0.1) is 11.3 Å². The van der Waals surface area contributed by atoms with Crippen molar-refractivity contribution >= 4 is 11.3 Å². The van der Waals surface area contributed by atoms with Gasteiger partial charge in [0.2, 0.25) is 0 Å². The molecule has 1 aliphatic heterocycles. The second kappa shape index (κ2) is 9.28. The Morgan fingerprint density at radius 3 is 2.51 bits per heavy atom. The quantitative estimate of drug-likeness (QED) is 0.315. The summed E-state index contributed by atoms with van der Waals surface area (Å²) in [5.74, 6) is 0.682. The molecule has 0 saturated carbocycles. The van der Waals surface area contributed by atoms with E-state index >= 15 is 0 Å². The van der Waals surface area contributed by atoms with E-state index in [-0.39, 0.29) is 21.9 Å². The lowest BCUT2D eigenvalue weighted by Gasteiger charge is -2.37. The Bertz CT molecular complexity index is 1290. The number of imidazole rings is 1. The number of H-pyrrole nitrogens is 1. The van der Waals surface area contributed by atoms with Crippen LogP contribution in [0.4, 0.5) is 8.78 Å². The van der Waals surface area contributed by atoms with E-state index in [0.29, 0.717) is 0 Å². The first-order valence-electron chi connectivity index (χ1n) is 12.0. The zero-order chi connectivity index (χ0) is 24.6. The summed E-state index contributed by atoms with van der Waals surface area (Å²) < 4.78 is 27.1. The van der Waals surface area contributed by atoms with E-state index in [9.17, 15) is 8.78 Å². The Morgan fingerprint density at radius 2 is 1.83 bits per heavy atom. The molecule has 1 saturated heterocycles. The van der Waals surface area contributed by atoms with Crippen LogP contribution in [0.5, 0.6) is 0 Å². The molecule has 1 N–H and O–H groups in total. The van der Waals surface area contributed by atoms with Crippen LogP contribution in [0.25, 0.3) is 11.3 Å². The molecule has 7 heteroatoms. The van der Waals surface area contributed by atoms with Crippen molar-refractivity contribution in [2.75, 3.05) is 13.1 Å². The Morgan fingerprint density at radius 1 is 1.03 bits per heavy atom. The molecule has 3 aromatic heterocycles. The van der Waals surface area contributed by atoms with Crippen LogP contribution in [-0.2, 0) is 17.4 Å². The van der Waals surface area contributed by atoms with Crippen molar-refractivity contribution in [3.8, 4) is 11.3 Å². The number of aryl methyl sites for hydroxylation is 2. The highest BCUT2D eigenvalue weighted by atomic mass is 32.1. The molecule has 0 unspecified atom stereocenters. The van der Waals surface area contributed by atoms with Crippen molar-refractivity contribution in [3.05, 3.63) is 93.8 Å². The smallest absolute Gasteiger partial charge is 0.176 e. The maximum atomic E-state index is 13.7. The monoisotopic (exact) mass is 492 g/mol. The van der Waals surface area contributed by atoms with Crippen LogP contribution in [0.2, 0.25) is 0 Å². The first-order valence-corrected chi connectivity index (χ1v) is 12.8. The molecule has 0 amide bonds. The fourth-order valence-electron chi connectivity index (χ4n) is 5.09. The fraction of sp³-hybridized carbons (Fsp3) is 0.357. The molecular weight excluding hydrogens is 462 g/mol. The van der Waals surface area contributed by atoms with Crippen molar-refractivity contribution < 1.29 is 8.78 Å². The standard InChI is InChI=1S/C28H30F2N4S/c1-19-4-7-21(16-31-19)27(2,3)34-15-14-28(18-34,13-12-23-10-11-25(30)35-23)26-32-17-24(33-26)20-5-8-22(29)9-6-20/h4-11,16-17H,12-15,18H2,1-3H3,(H,32,33)/t28-/m1/s1. The average molecular weight is 493 g/mol. The highest BCUT2D eigenvalue weighted by molar-refractivity contribution is 7.10. The number of nitrogens with one attached hydrogen (secondary N) is 1. The molecule has 1 fully saturated rings. The number of likely N-dealkylation sites (tertiary alicyclic amines) is 1. The van der Waals surface area contributed by atoms with Gasteiger partial charge in [0.1, 0.15) is 11.6 Å². The van der Waals surface area contributed by atoms with Crippen LogP contribution in [0.15, 0.2) is 60.9 Å². The van der Waals surface area contributed by atoms with E-state index in [2.05, 4.69) is 40.8 Å². The molecule has 0 bridgehead atoms. The SMILES string of the molecule is Cc1ccc(C(C)(C)N2CC[C@@](CCc3ccc(F)s3)(c3ncc(-c4ccc(F)cc4)[nH]3)C2)cn1. The number of aromatic nitrogens is 3. The molecule has 0 aliphatic carbocycles. The number of nitrogens with zero attached hydrogens (tertiary/aromatic N) is 3. The number of pyridine rings is 1. The van der Waals surface area contributed by atoms with Gasteiger partial charge < -0.3 is 4.98 Å². The van der Waals surface area contributed by atoms with Crippen LogP contribution in [-0.4, -0.2) is 32.9 Å². The lowest BCUT2D eigenvalue weighted by molar-refractivity contribution is 0.141. The molecular formula is C28H30F2N4S. The minimum atomic E-state index is -0.257. The summed E-state index contributed by atoms with van der Waals surface area (Å²) in [6.45, 7) is 8.25. The summed E-state index contributed by atoms with van der Waals surface area (Å²) in [5, 5.41) is -0.147. The molecule has 4 nitrogen and oxygen atoms in total. The molecule has 1 atom stereocenters. The molecule has 5 rings (SSSR count). The summed E-state index contributed by atoms with van der Waals surface area (Å²) in [6, 6.07) is 14.1. The topological polar surface area (TPSA) is 44.8 Å². The predicted octanol–water partition coefficient (Wildman–Crippen LogP) is 6.63. The lowest BCUT2D eigenvalue weighted by Crippen LogP contribution is -2.42. The van der Waals surface area contributed by atoms with Crippen molar-refractivity contribution in [1.29, 1.82) is 0 Å². The Labute approximate surface area is 209 Å². The van der Waals surface area contributed by atoms with E-state index in [1.807, 2.05) is 25.4 Å². The number of thiophene rings is 1. The third-order valence-electron chi connectivity index (χ3n) is 7.47. The number of halogens is 2. The molecule has 1 aliphatic rings. The van der Waals surface area contributed by atoms with Gasteiger partial charge in [-0.1, -0.05) is 6.07 Å². The van der Waals surface area contributed by atoms with Crippen LogP contribution < -0.4 is 0 Å². The number of benzene rings is 1. The minimum absolute atomic E-state index is 0.147. The zero-order valence-corrected chi connectivity index (χ0v) is 21.1. The van der Waals surface area contributed by atoms with Crippen LogP contribution >= 0.6 is 11.3 Å². The molecule has 0 spiro atoms. The van der Waals surface area contributed by atoms with Crippen LogP contribution in [0.1, 0.15) is 48.6 Å². The van der Waals surface area contributed by atoms with Crippen molar-refractivity contribution in [3.63, 3.8) is 0 Å². The first kappa shape index (κ1) is 23.8. The van der Waals surface area contributed by atoms with Gasteiger partial charge in [0.05, 0.1) is 11.9 Å². The zero-order valence-electron chi connectivity index (χ0n) is 20.3. The van der Waals surface area contributed by atoms with E-state index in [0.717, 1.165) is 60.0 Å². The molecule has 4 heterocycles. The van der Waals surface area contributed by atoms with Crippen molar-refractivity contribution in [1.82, 2.24) is 19.9 Å². The van der Waals surface area contributed by atoms with Crippen LogP contribution in [0.3, 0.4) is 0 Å². The van der Waals surface area contributed by atoms with Gasteiger partial charge in [0, 0.05) is 40.8 Å². The summed E-state index contributed by atoms with van der Waals surface area (Å²) in [4.78, 5) is 16.5. The third-order valence-corrected chi connectivity index (χ3v) is 8.41. The molecule has 4 aromatic rings. The summed E-state index contributed by atoms with van der Waals surface area (Å²) in [7, 11) is 0. The number of rotatable bonds is 7. The summed E-state index contributed by atoms with van der Waals surface area (Å²) >= 11 is 1.22. The second-order valence-corrected chi connectivity index (χ2v) is 11.2. The van der Waals surface area contributed by atoms with Crippen molar-refractivity contribution in [2.24, 2.45) is 0 Å². The van der Waals surface area contributed by atoms with E-state index in [1.54, 1.807) is 18.2 Å². The van der Waals surface area contributed by atoms with E-state index in [4.69, 9.17) is 4.98 Å². The van der Waals surface area contributed by atoms with Gasteiger partial charge in [0.15, 0.2) is 5.13 Å². The average Bonchev–Trinajstić information content (AvgIpc) is 3.59. The minimum Gasteiger partial charge on any atom is -0.341 e. The van der Waals surface area contributed by atoms with Crippen molar-refractivity contribution in [2.45, 2.75) is 51.0 Å². The Balaban J connectivity index is 1.45. The van der Waals surface area contributed by atoms with Gasteiger partial charge in [-0.05, 0) is 93.6 Å². The molecule has 0 radical (unpaired) electrons. The lowest BCUT2D eigenvalue weighted by atomic mass is 9.81. The molecule has 182 valence electrons. The Hall–Kier alpha value is -2.90. The molecule has 1 aromatic carbocycles. The maximum absolute atomic E-state index is 13.7. The number of hydrogen-bond donors (Lipinski definition) is 1. The fourth-order valence-corrected chi connectivity index (χ4v) is 5.82. The number of aromatic amines is 1. The maximum Gasteiger partial charge on any atom is 0.176 e. The summed E-state index contributed by atoms with van der Waals surface area (Å²) in [5.41, 5.74) is 3.58. The predicted molar refractivity (Wildman–Crippen MR) is 136 cm³/mol. The highest BCUT2D eigenvalue weighted by Crippen LogP contribution is 2.43. The van der Waals surface area contributed by atoms with Gasteiger partial charge >= 0.3 is 0 Å². The second-order valence-electron chi connectivity index (χ2n) is 10.1.